The second kappa shape index (κ2) is 7.27. The molecule has 8 heteroatoms. The van der Waals surface area contributed by atoms with Crippen LogP contribution in [0.4, 0.5) is 13.2 Å². The number of carboxylic acid groups (broad SMARTS) is 1. The van der Waals surface area contributed by atoms with Crippen LogP contribution in [0.25, 0.3) is 11.3 Å². The molecular formula is C21H16F3NO4. The zero-order chi connectivity index (χ0) is 20.7. The molecule has 1 aliphatic rings. The molecule has 0 bridgehead atoms. The molecule has 2 aromatic carbocycles. The second-order valence-corrected chi connectivity index (χ2v) is 6.96. The molecule has 1 heterocycles. The van der Waals surface area contributed by atoms with Crippen LogP contribution in [0.1, 0.15) is 29.2 Å². The van der Waals surface area contributed by atoms with Gasteiger partial charge in [0.2, 0.25) is 0 Å². The molecule has 150 valence electrons. The zero-order valence-electron chi connectivity index (χ0n) is 15.3. The number of hydrogen-bond acceptors (Lipinski definition) is 4. The number of benzene rings is 2. The number of hydrogen-bond donors (Lipinski definition) is 1. The number of halogens is 3. The highest BCUT2D eigenvalue weighted by Gasteiger charge is 2.44. The minimum atomic E-state index is -0.979. The highest BCUT2D eigenvalue weighted by molar-refractivity contribution is 5.75. The summed E-state index contributed by atoms with van der Waals surface area (Å²) < 4.78 is 52.5. The predicted molar refractivity (Wildman–Crippen MR) is 95.8 cm³/mol. The van der Waals surface area contributed by atoms with Gasteiger partial charge in [-0.2, -0.15) is 0 Å². The molecule has 4 rings (SSSR count). The highest BCUT2D eigenvalue weighted by atomic mass is 19.1. The monoisotopic (exact) mass is 403 g/mol. The molecule has 5 nitrogen and oxygen atoms in total. The van der Waals surface area contributed by atoms with Gasteiger partial charge in [-0.15, -0.1) is 0 Å². The lowest BCUT2D eigenvalue weighted by Gasteiger charge is -2.10. The fourth-order valence-electron chi connectivity index (χ4n) is 3.31. The largest absolute Gasteiger partial charge is 0.483 e. The molecule has 1 fully saturated rings. The lowest BCUT2D eigenvalue weighted by Crippen LogP contribution is -2.04. The van der Waals surface area contributed by atoms with Crippen molar-refractivity contribution in [2.75, 3.05) is 0 Å². The van der Waals surface area contributed by atoms with Crippen molar-refractivity contribution in [2.24, 2.45) is 5.92 Å². The predicted octanol–water partition coefficient (Wildman–Crippen LogP) is 4.83. The average Bonchev–Trinajstić information content (AvgIpc) is 3.40. The van der Waals surface area contributed by atoms with Crippen LogP contribution in [-0.2, 0) is 11.4 Å². The molecule has 0 saturated heterocycles. The summed E-state index contributed by atoms with van der Waals surface area (Å²) in [5.41, 5.74) is 1.74. The van der Waals surface area contributed by atoms with E-state index in [0.29, 0.717) is 34.6 Å². The van der Waals surface area contributed by atoms with Gasteiger partial charge in [-0.25, -0.2) is 13.2 Å². The number of ether oxygens (including phenoxy) is 1. The molecule has 0 aliphatic heterocycles. The molecule has 2 atom stereocenters. The van der Waals surface area contributed by atoms with E-state index in [0.717, 1.165) is 12.1 Å². The number of carbonyl (C=O) groups is 1. The van der Waals surface area contributed by atoms with Crippen molar-refractivity contribution in [1.82, 2.24) is 5.16 Å². The lowest BCUT2D eigenvalue weighted by atomic mass is 10.1. The Kier molecular flexibility index (Phi) is 4.77. The fraction of sp³-hybridized carbons (Fsp3) is 0.238. The van der Waals surface area contributed by atoms with Gasteiger partial charge in [-0.3, -0.25) is 4.79 Å². The Hall–Kier alpha value is -3.29. The van der Waals surface area contributed by atoms with Gasteiger partial charge in [0.1, 0.15) is 23.9 Å². The van der Waals surface area contributed by atoms with E-state index in [1.165, 1.54) is 24.3 Å². The quantitative estimate of drug-likeness (QED) is 0.638. The summed E-state index contributed by atoms with van der Waals surface area (Å²) in [4.78, 5) is 11.0. The SMILES string of the molecule is Cc1onc(-c2ccc(F)cc2)c1COc1c(F)cc(C2CC2C(=O)O)cc1F. The van der Waals surface area contributed by atoms with Gasteiger partial charge < -0.3 is 14.4 Å². The van der Waals surface area contributed by atoms with Crippen molar-refractivity contribution >= 4 is 5.97 Å². The van der Waals surface area contributed by atoms with E-state index in [1.807, 2.05) is 0 Å². The minimum Gasteiger partial charge on any atom is -0.483 e. The maximum absolute atomic E-state index is 14.4. The third kappa shape index (κ3) is 3.70. The highest BCUT2D eigenvalue weighted by Crippen LogP contribution is 2.48. The zero-order valence-corrected chi connectivity index (χ0v) is 15.3. The van der Waals surface area contributed by atoms with Crippen LogP contribution in [0.3, 0.4) is 0 Å². The summed E-state index contributed by atoms with van der Waals surface area (Å²) in [6, 6.07) is 7.77. The van der Waals surface area contributed by atoms with Crippen molar-refractivity contribution in [2.45, 2.75) is 25.9 Å². The number of rotatable bonds is 6. The summed E-state index contributed by atoms with van der Waals surface area (Å²) in [6.07, 6.45) is 0.356. The number of aryl methyl sites for hydroxylation is 1. The van der Waals surface area contributed by atoms with Gasteiger partial charge in [0.25, 0.3) is 0 Å². The molecule has 1 saturated carbocycles. The molecule has 3 aromatic rings. The van der Waals surface area contributed by atoms with Gasteiger partial charge in [0.15, 0.2) is 17.4 Å². The van der Waals surface area contributed by atoms with Crippen LogP contribution in [0.2, 0.25) is 0 Å². The third-order valence-corrected chi connectivity index (χ3v) is 5.02. The summed E-state index contributed by atoms with van der Waals surface area (Å²) >= 11 is 0. The Labute approximate surface area is 163 Å². The molecule has 2 unspecified atom stereocenters. The van der Waals surface area contributed by atoms with Crippen molar-refractivity contribution < 1.29 is 32.3 Å². The van der Waals surface area contributed by atoms with E-state index in [-0.39, 0.29) is 6.61 Å². The molecule has 0 radical (unpaired) electrons. The Morgan fingerprint density at radius 3 is 2.45 bits per heavy atom. The van der Waals surface area contributed by atoms with Crippen molar-refractivity contribution in [3.05, 3.63) is 70.7 Å². The minimum absolute atomic E-state index is 0.212. The standard InChI is InChI=1S/C21H16F3NO4/c1-10-16(19(25-29-10)11-2-4-13(22)5-3-11)9-28-20-17(23)6-12(7-18(20)24)14-8-15(14)21(26)27/h2-7,14-15H,8-9H2,1H3,(H,26,27). The third-order valence-electron chi connectivity index (χ3n) is 5.02. The first-order valence-corrected chi connectivity index (χ1v) is 8.90. The lowest BCUT2D eigenvalue weighted by molar-refractivity contribution is -0.138. The van der Waals surface area contributed by atoms with E-state index < -0.39 is 41.0 Å². The maximum atomic E-state index is 14.4. The first kappa shape index (κ1) is 19.0. The Balaban J connectivity index is 1.55. The van der Waals surface area contributed by atoms with Crippen molar-refractivity contribution in [3.63, 3.8) is 0 Å². The Bertz CT molecular complexity index is 1060. The van der Waals surface area contributed by atoms with Crippen LogP contribution in [0.15, 0.2) is 40.9 Å². The van der Waals surface area contributed by atoms with E-state index >= 15 is 0 Å². The van der Waals surface area contributed by atoms with Crippen LogP contribution < -0.4 is 4.74 Å². The van der Waals surface area contributed by atoms with E-state index in [1.54, 1.807) is 6.92 Å². The Morgan fingerprint density at radius 1 is 1.21 bits per heavy atom. The topological polar surface area (TPSA) is 72.6 Å². The van der Waals surface area contributed by atoms with Crippen LogP contribution in [0.5, 0.6) is 5.75 Å². The van der Waals surface area contributed by atoms with Gasteiger partial charge >= 0.3 is 5.97 Å². The molecule has 29 heavy (non-hydrogen) atoms. The molecule has 1 N–H and O–H groups in total. The van der Waals surface area contributed by atoms with Gasteiger partial charge in [-0.1, -0.05) is 5.16 Å². The van der Waals surface area contributed by atoms with Crippen LogP contribution in [0, 0.1) is 30.3 Å². The smallest absolute Gasteiger partial charge is 0.307 e. The summed E-state index contributed by atoms with van der Waals surface area (Å²) in [5, 5.41) is 12.9. The van der Waals surface area contributed by atoms with E-state index in [9.17, 15) is 18.0 Å². The van der Waals surface area contributed by atoms with Crippen LogP contribution >= 0.6 is 0 Å². The van der Waals surface area contributed by atoms with Crippen molar-refractivity contribution in [3.8, 4) is 17.0 Å². The second-order valence-electron chi connectivity index (χ2n) is 6.96. The number of nitrogens with zero attached hydrogens (tertiary/aromatic N) is 1. The molecule has 1 aromatic heterocycles. The normalized spacial score (nSPS) is 17.9. The van der Waals surface area contributed by atoms with Crippen molar-refractivity contribution in [1.29, 1.82) is 0 Å². The first-order valence-electron chi connectivity index (χ1n) is 8.90. The number of aliphatic carboxylic acids is 1. The molecule has 0 spiro atoms. The summed E-state index contributed by atoms with van der Waals surface area (Å²) in [7, 11) is 0. The molecular weight excluding hydrogens is 387 g/mol. The average molecular weight is 403 g/mol. The summed E-state index contributed by atoms with van der Waals surface area (Å²) in [6.45, 7) is 1.42. The van der Waals surface area contributed by atoms with Gasteiger partial charge in [-0.05, 0) is 61.2 Å². The maximum Gasteiger partial charge on any atom is 0.307 e. The molecule has 1 aliphatic carbocycles. The molecule has 0 amide bonds. The van der Waals surface area contributed by atoms with E-state index in [2.05, 4.69) is 5.16 Å². The fourth-order valence-corrected chi connectivity index (χ4v) is 3.31. The summed E-state index contributed by atoms with van der Waals surface area (Å²) in [5.74, 6) is -4.36. The number of carboxylic acids is 1. The number of aromatic nitrogens is 1. The van der Waals surface area contributed by atoms with Gasteiger partial charge in [0, 0.05) is 5.56 Å². The first-order chi connectivity index (χ1) is 13.8. The Morgan fingerprint density at radius 2 is 1.86 bits per heavy atom. The van der Waals surface area contributed by atoms with Gasteiger partial charge in [0.05, 0.1) is 11.5 Å². The van der Waals surface area contributed by atoms with Crippen LogP contribution in [-0.4, -0.2) is 16.2 Å². The van der Waals surface area contributed by atoms with E-state index in [4.69, 9.17) is 14.4 Å².